The Bertz CT molecular complexity index is 168. The van der Waals surface area contributed by atoms with E-state index in [1.807, 2.05) is 18.7 Å². The molecule has 2 nitrogen and oxygen atoms in total. The number of halogens is 1. The van der Waals surface area contributed by atoms with E-state index in [1.54, 1.807) is 0 Å². The largest absolute Gasteiger partial charge is 0.343 e. The Morgan fingerprint density at radius 1 is 1.50 bits per heavy atom. The second-order valence-corrected chi connectivity index (χ2v) is 3.58. The summed E-state index contributed by atoms with van der Waals surface area (Å²) in [4.78, 5) is 13.5. The van der Waals surface area contributed by atoms with Gasteiger partial charge in [0.05, 0.1) is 0 Å². The van der Waals surface area contributed by atoms with E-state index >= 15 is 0 Å². The molecule has 2 atom stereocenters. The fraction of sp³-hybridized carbons (Fsp3) is 0.889. The van der Waals surface area contributed by atoms with Gasteiger partial charge in [-0.25, -0.2) is 0 Å². The van der Waals surface area contributed by atoms with Gasteiger partial charge in [0, 0.05) is 24.9 Å². The highest BCUT2D eigenvalue weighted by Gasteiger charge is 2.43. The van der Waals surface area contributed by atoms with Crippen LogP contribution in [0.2, 0.25) is 0 Å². The van der Waals surface area contributed by atoms with Crippen LogP contribution in [0.25, 0.3) is 0 Å². The zero-order chi connectivity index (χ0) is 9.14. The molecule has 3 heteroatoms. The van der Waals surface area contributed by atoms with E-state index in [0.717, 1.165) is 19.5 Å². The maximum absolute atomic E-state index is 11.6. The highest BCUT2D eigenvalue weighted by atomic mass is 35.5. The van der Waals surface area contributed by atoms with Crippen LogP contribution in [-0.2, 0) is 4.79 Å². The number of nitrogens with zero attached hydrogens (tertiary/aromatic N) is 1. The van der Waals surface area contributed by atoms with Crippen molar-refractivity contribution in [1.29, 1.82) is 0 Å². The van der Waals surface area contributed by atoms with Gasteiger partial charge in [0.25, 0.3) is 0 Å². The molecule has 70 valence electrons. The molecule has 0 saturated heterocycles. The van der Waals surface area contributed by atoms with E-state index in [9.17, 15) is 4.79 Å². The first-order valence-corrected chi connectivity index (χ1v) is 5.12. The summed E-state index contributed by atoms with van der Waals surface area (Å²) in [7, 11) is 0. The lowest BCUT2D eigenvalue weighted by atomic mass is 10.3. The van der Waals surface area contributed by atoms with Crippen LogP contribution in [-0.4, -0.2) is 29.8 Å². The van der Waals surface area contributed by atoms with Crippen LogP contribution in [0.5, 0.6) is 0 Å². The lowest BCUT2D eigenvalue weighted by Crippen LogP contribution is -2.32. The van der Waals surface area contributed by atoms with Crippen LogP contribution in [0.15, 0.2) is 0 Å². The molecule has 0 aliphatic heterocycles. The van der Waals surface area contributed by atoms with Crippen LogP contribution in [0.3, 0.4) is 0 Å². The van der Waals surface area contributed by atoms with Crippen molar-refractivity contribution in [1.82, 2.24) is 4.90 Å². The average molecular weight is 190 g/mol. The highest BCUT2D eigenvalue weighted by molar-refractivity contribution is 6.18. The Hall–Kier alpha value is -0.240. The minimum Gasteiger partial charge on any atom is -0.343 e. The van der Waals surface area contributed by atoms with E-state index in [0.29, 0.717) is 17.7 Å². The number of hydrogen-bond acceptors (Lipinski definition) is 1. The summed E-state index contributed by atoms with van der Waals surface area (Å²) in [6, 6.07) is 0. The van der Waals surface area contributed by atoms with Crippen molar-refractivity contribution in [3.8, 4) is 0 Å². The molecule has 12 heavy (non-hydrogen) atoms. The molecule has 0 N–H and O–H groups in total. The van der Waals surface area contributed by atoms with Crippen molar-refractivity contribution in [3.63, 3.8) is 0 Å². The molecule has 0 heterocycles. The van der Waals surface area contributed by atoms with Crippen LogP contribution < -0.4 is 0 Å². The molecule has 0 spiro atoms. The SMILES string of the molecule is CCN(CC)C(=O)C1CC1CCl. The number of hydrogen-bond donors (Lipinski definition) is 0. The van der Waals surface area contributed by atoms with Gasteiger partial charge in [0.2, 0.25) is 5.91 Å². The molecule has 0 radical (unpaired) electrons. The summed E-state index contributed by atoms with van der Waals surface area (Å²) in [6.07, 6.45) is 0.999. The maximum atomic E-state index is 11.6. The summed E-state index contributed by atoms with van der Waals surface area (Å²) < 4.78 is 0. The molecule has 1 fully saturated rings. The lowest BCUT2D eigenvalue weighted by molar-refractivity contribution is -0.132. The van der Waals surface area contributed by atoms with Gasteiger partial charge in [-0.05, 0) is 26.2 Å². The molecule has 0 bridgehead atoms. The molecule has 0 aromatic heterocycles. The lowest BCUT2D eigenvalue weighted by Gasteiger charge is -2.18. The first kappa shape index (κ1) is 9.85. The minimum absolute atomic E-state index is 0.238. The Morgan fingerprint density at radius 2 is 2.08 bits per heavy atom. The molecular weight excluding hydrogens is 174 g/mol. The predicted octanol–water partition coefficient (Wildman–Crippen LogP) is 1.73. The number of amides is 1. The van der Waals surface area contributed by atoms with Crippen molar-refractivity contribution in [2.24, 2.45) is 11.8 Å². The molecule has 1 aliphatic carbocycles. The first-order chi connectivity index (χ1) is 5.74. The smallest absolute Gasteiger partial charge is 0.225 e. The quantitative estimate of drug-likeness (QED) is 0.617. The standard InChI is InChI=1S/C9H16ClNO/c1-3-11(4-2)9(12)8-5-7(8)6-10/h7-8H,3-6H2,1-2H3. The van der Waals surface area contributed by atoms with E-state index in [4.69, 9.17) is 11.6 Å². The van der Waals surface area contributed by atoms with Crippen LogP contribution in [0.1, 0.15) is 20.3 Å². The Labute approximate surface area is 78.9 Å². The summed E-state index contributed by atoms with van der Waals surface area (Å²) in [5.74, 6) is 1.63. The summed E-state index contributed by atoms with van der Waals surface area (Å²) >= 11 is 5.66. The van der Waals surface area contributed by atoms with Gasteiger partial charge in [-0.3, -0.25) is 4.79 Å². The molecule has 1 rings (SSSR count). The fourth-order valence-electron chi connectivity index (χ4n) is 1.49. The predicted molar refractivity (Wildman–Crippen MR) is 50.2 cm³/mol. The van der Waals surface area contributed by atoms with Gasteiger partial charge in [-0.2, -0.15) is 0 Å². The normalized spacial score (nSPS) is 26.9. The van der Waals surface area contributed by atoms with Crippen molar-refractivity contribution in [2.75, 3.05) is 19.0 Å². The van der Waals surface area contributed by atoms with E-state index in [2.05, 4.69) is 0 Å². The average Bonchev–Trinajstić information content (AvgIpc) is 2.85. The van der Waals surface area contributed by atoms with Crippen LogP contribution in [0, 0.1) is 11.8 Å². The Balaban J connectivity index is 2.38. The van der Waals surface area contributed by atoms with Crippen molar-refractivity contribution < 1.29 is 4.79 Å². The van der Waals surface area contributed by atoms with Crippen molar-refractivity contribution in [2.45, 2.75) is 20.3 Å². The Kier molecular flexibility index (Phi) is 3.39. The van der Waals surface area contributed by atoms with E-state index in [1.165, 1.54) is 0 Å². The van der Waals surface area contributed by atoms with Crippen molar-refractivity contribution in [3.05, 3.63) is 0 Å². The van der Waals surface area contributed by atoms with Gasteiger partial charge in [-0.15, -0.1) is 11.6 Å². The van der Waals surface area contributed by atoms with Gasteiger partial charge >= 0.3 is 0 Å². The minimum atomic E-state index is 0.238. The Morgan fingerprint density at radius 3 is 2.42 bits per heavy atom. The van der Waals surface area contributed by atoms with Crippen LogP contribution >= 0.6 is 11.6 Å². The van der Waals surface area contributed by atoms with Crippen molar-refractivity contribution >= 4 is 17.5 Å². The van der Waals surface area contributed by atoms with Gasteiger partial charge < -0.3 is 4.90 Å². The van der Waals surface area contributed by atoms with Gasteiger partial charge in [0.15, 0.2) is 0 Å². The number of alkyl halides is 1. The van der Waals surface area contributed by atoms with E-state index in [-0.39, 0.29) is 5.92 Å². The summed E-state index contributed by atoms with van der Waals surface area (Å²) in [5.41, 5.74) is 0. The molecule has 1 amide bonds. The van der Waals surface area contributed by atoms with Gasteiger partial charge in [-0.1, -0.05) is 0 Å². The molecule has 1 saturated carbocycles. The molecule has 0 aromatic rings. The second kappa shape index (κ2) is 4.13. The zero-order valence-corrected chi connectivity index (χ0v) is 8.47. The highest BCUT2D eigenvalue weighted by Crippen LogP contribution is 2.40. The zero-order valence-electron chi connectivity index (χ0n) is 7.72. The third-order valence-electron chi connectivity index (χ3n) is 2.51. The third kappa shape index (κ3) is 1.92. The summed E-state index contributed by atoms with van der Waals surface area (Å²) in [6.45, 7) is 5.67. The molecular formula is C9H16ClNO. The number of carbonyl (C=O) groups excluding carboxylic acids is 1. The maximum Gasteiger partial charge on any atom is 0.225 e. The molecule has 2 unspecified atom stereocenters. The van der Waals surface area contributed by atoms with Crippen LogP contribution in [0.4, 0.5) is 0 Å². The van der Waals surface area contributed by atoms with E-state index < -0.39 is 0 Å². The number of carbonyl (C=O) groups is 1. The number of rotatable bonds is 4. The van der Waals surface area contributed by atoms with Gasteiger partial charge in [0.1, 0.15) is 0 Å². The third-order valence-corrected chi connectivity index (χ3v) is 2.91. The monoisotopic (exact) mass is 189 g/mol. The topological polar surface area (TPSA) is 20.3 Å². The second-order valence-electron chi connectivity index (χ2n) is 3.27. The molecule has 0 aromatic carbocycles. The molecule has 1 aliphatic rings. The first-order valence-electron chi connectivity index (χ1n) is 4.59. The summed E-state index contributed by atoms with van der Waals surface area (Å²) in [5, 5.41) is 0. The fourth-order valence-corrected chi connectivity index (χ4v) is 1.83.